The van der Waals surface area contributed by atoms with Crippen LogP contribution in [0.3, 0.4) is 0 Å². The molecule has 1 unspecified atom stereocenters. The van der Waals surface area contributed by atoms with Gasteiger partial charge < -0.3 is 19.4 Å². The van der Waals surface area contributed by atoms with E-state index >= 15 is 0 Å². The minimum absolute atomic E-state index is 0.0571. The Balaban J connectivity index is 1.70. The molecule has 0 radical (unpaired) electrons. The van der Waals surface area contributed by atoms with Gasteiger partial charge in [-0.15, -0.1) is 0 Å². The normalized spacial score (nSPS) is 15.4. The van der Waals surface area contributed by atoms with Gasteiger partial charge in [0.25, 0.3) is 5.91 Å². The molecule has 5 rings (SSSR count). The van der Waals surface area contributed by atoms with Crippen LogP contribution in [0.5, 0.6) is 5.75 Å². The molecular formula is C26H22N2O3. The fourth-order valence-corrected chi connectivity index (χ4v) is 4.09. The lowest BCUT2D eigenvalue weighted by molar-refractivity contribution is 0.0650. The first kappa shape index (κ1) is 19.0. The predicted octanol–water partition coefficient (Wildman–Crippen LogP) is 5.76. The van der Waals surface area contributed by atoms with Crippen LogP contribution in [0.25, 0.3) is 10.8 Å². The fourth-order valence-electron chi connectivity index (χ4n) is 4.09. The van der Waals surface area contributed by atoms with E-state index in [0.29, 0.717) is 30.2 Å². The highest BCUT2D eigenvalue weighted by atomic mass is 16.5. The molecule has 1 aromatic heterocycles. The van der Waals surface area contributed by atoms with E-state index in [1.807, 2.05) is 60.7 Å². The van der Waals surface area contributed by atoms with E-state index in [-0.39, 0.29) is 5.91 Å². The van der Waals surface area contributed by atoms with Crippen molar-refractivity contribution < 1.29 is 13.9 Å². The van der Waals surface area contributed by atoms with E-state index in [0.717, 1.165) is 22.0 Å². The topological polar surface area (TPSA) is 54.7 Å². The van der Waals surface area contributed by atoms with Crippen LogP contribution in [0, 0.1) is 0 Å². The van der Waals surface area contributed by atoms with Crippen molar-refractivity contribution in [2.24, 2.45) is 0 Å². The molecule has 0 saturated heterocycles. The number of fused-ring (bicyclic) bond motifs is 2. The number of hydrogen-bond acceptors (Lipinski definition) is 4. The van der Waals surface area contributed by atoms with Crippen molar-refractivity contribution >= 4 is 22.4 Å². The van der Waals surface area contributed by atoms with E-state index in [1.165, 1.54) is 0 Å². The average molecular weight is 410 g/mol. The van der Waals surface area contributed by atoms with Gasteiger partial charge in [0.05, 0.1) is 18.4 Å². The number of carbonyl (C=O) groups is 1. The van der Waals surface area contributed by atoms with Crippen LogP contribution < -0.4 is 10.1 Å². The summed E-state index contributed by atoms with van der Waals surface area (Å²) < 4.78 is 11.6. The molecule has 0 saturated carbocycles. The number of carbonyl (C=O) groups excluding carboxylic acids is 1. The molecule has 2 heterocycles. The van der Waals surface area contributed by atoms with Gasteiger partial charge >= 0.3 is 0 Å². The third-order valence-corrected chi connectivity index (χ3v) is 5.49. The molecule has 5 nitrogen and oxygen atoms in total. The number of nitrogens with zero attached hydrogens (tertiary/aromatic N) is 1. The van der Waals surface area contributed by atoms with E-state index in [1.54, 1.807) is 17.2 Å². The Morgan fingerprint density at radius 1 is 1.03 bits per heavy atom. The van der Waals surface area contributed by atoms with Crippen LogP contribution in [0.15, 0.2) is 96.1 Å². The van der Waals surface area contributed by atoms with Crippen molar-refractivity contribution in [1.82, 2.24) is 4.90 Å². The predicted molar refractivity (Wildman–Crippen MR) is 121 cm³/mol. The molecule has 4 aromatic rings. The first-order valence-electron chi connectivity index (χ1n) is 10.2. The highest BCUT2D eigenvalue weighted by Crippen LogP contribution is 2.41. The van der Waals surface area contributed by atoms with E-state index in [4.69, 9.17) is 9.15 Å². The number of para-hydroxylation sites is 1. The number of hydrogen-bond donors (Lipinski definition) is 1. The quantitative estimate of drug-likeness (QED) is 0.410. The van der Waals surface area contributed by atoms with E-state index < -0.39 is 6.17 Å². The molecule has 1 N–H and O–H groups in total. The Bertz CT molecular complexity index is 1250. The van der Waals surface area contributed by atoms with Gasteiger partial charge in [-0.3, -0.25) is 4.79 Å². The first-order valence-corrected chi connectivity index (χ1v) is 10.2. The number of nitrogens with one attached hydrogen (secondary N) is 1. The number of furan rings is 1. The lowest BCUT2D eigenvalue weighted by atomic mass is 9.97. The largest absolute Gasteiger partial charge is 0.489 e. The second-order valence-corrected chi connectivity index (χ2v) is 7.40. The third-order valence-electron chi connectivity index (χ3n) is 5.49. The Kier molecular flexibility index (Phi) is 4.92. The standard InChI is InChI=1S/C26H22N2O3/c1-2-15-31-23-14-13-18-8-3-4-10-20(18)24(23)25-27-22-12-6-5-11-21(22)26(29)28(25)17-19-9-7-16-30-19/h2-14,16,25,27H,1,15,17H2. The second-order valence-electron chi connectivity index (χ2n) is 7.40. The Morgan fingerprint density at radius 2 is 1.87 bits per heavy atom. The number of amides is 1. The lowest BCUT2D eigenvalue weighted by Crippen LogP contribution is -2.42. The molecule has 31 heavy (non-hydrogen) atoms. The zero-order valence-corrected chi connectivity index (χ0v) is 17.0. The average Bonchev–Trinajstić information content (AvgIpc) is 3.32. The lowest BCUT2D eigenvalue weighted by Gasteiger charge is -2.38. The molecule has 1 amide bonds. The van der Waals surface area contributed by atoms with Gasteiger partial charge in [0.1, 0.15) is 24.3 Å². The molecule has 0 bridgehead atoms. The Labute approximate surface area is 180 Å². The monoisotopic (exact) mass is 410 g/mol. The van der Waals surface area contributed by atoms with Crippen molar-refractivity contribution in [3.8, 4) is 5.75 Å². The van der Waals surface area contributed by atoms with E-state index in [9.17, 15) is 4.79 Å². The molecule has 1 atom stereocenters. The minimum atomic E-state index is -0.432. The molecule has 0 spiro atoms. The van der Waals surface area contributed by atoms with Crippen LogP contribution in [0.1, 0.15) is 27.8 Å². The maximum atomic E-state index is 13.6. The van der Waals surface area contributed by atoms with E-state index in [2.05, 4.69) is 24.0 Å². The van der Waals surface area contributed by atoms with Crippen molar-refractivity contribution in [3.05, 3.63) is 109 Å². The Hall–Kier alpha value is -3.99. The van der Waals surface area contributed by atoms with Crippen LogP contribution >= 0.6 is 0 Å². The summed E-state index contributed by atoms with van der Waals surface area (Å²) in [5, 5.41) is 5.68. The summed E-state index contributed by atoms with van der Waals surface area (Å²) in [6.07, 6.45) is 2.91. The second kappa shape index (κ2) is 8.03. The summed E-state index contributed by atoms with van der Waals surface area (Å²) in [6, 6.07) is 23.4. The summed E-state index contributed by atoms with van der Waals surface area (Å²) in [7, 11) is 0. The van der Waals surface area contributed by atoms with Crippen molar-refractivity contribution in [3.63, 3.8) is 0 Å². The van der Waals surface area contributed by atoms with Crippen molar-refractivity contribution in [1.29, 1.82) is 0 Å². The van der Waals surface area contributed by atoms with Gasteiger partial charge in [-0.25, -0.2) is 0 Å². The molecule has 1 aliphatic rings. The van der Waals surface area contributed by atoms with Crippen LogP contribution in [0.4, 0.5) is 5.69 Å². The van der Waals surface area contributed by atoms with Gasteiger partial charge in [-0.2, -0.15) is 0 Å². The maximum absolute atomic E-state index is 13.6. The summed E-state index contributed by atoms with van der Waals surface area (Å²) in [5.41, 5.74) is 2.35. The van der Waals surface area contributed by atoms with Gasteiger partial charge in [-0.05, 0) is 41.1 Å². The number of anilines is 1. The first-order chi connectivity index (χ1) is 15.3. The molecule has 0 aliphatic carbocycles. The molecule has 154 valence electrons. The van der Waals surface area contributed by atoms with Gasteiger partial charge in [0, 0.05) is 11.3 Å². The summed E-state index contributed by atoms with van der Waals surface area (Å²) in [4.78, 5) is 15.4. The van der Waals surface area contributed by atoms with Gasteiger partial charge in [0.2, 0.25) is 0 Å². The van der Waals surface area contributed by atoms with Crippen LogP contribution in [-0.2, 0) is 6.54 Å². The SMILES string of the molecule is C=CCOc1ccc2ccccc2c1C1Nc2ccccc2C(=O)N1Cc1ccco1. The van der Waals surface area contributed by atoms with Crippen molar-refractivity contribution in [2.45, 2.75) is 12.7 Å². The number of rotatable bonds is 6. The number of ether oxygens (including phenoxy) is 1. The molecule has 1 aliphatic heterocycles. The zero-order valence-electron chi connectivity index (χ0n) is 17.0. The zero-order chi connectivity index (χ0) is 21.2. The van der Waals surface area contributed by atoms with Crippen molar-refractivity contribution in [2.75, 3.05) is 11.9 Å². The fraction of sp³-hybridized carbons (Fsp3) is 0.115. The molecular weight excluding hydrogens is 388 g/mol. The summed E-state index contributed by atoms with van der Waals surface area (Å²) in [6.45, 7) is 4.48. The molecule has 5 heteroatoms. The van der Waals surface area contributed by atoms with Crippen LogP contribution in [-0.4, -0.2) is 17.4 Å². The maximum Gasteiger partial charge on any atom is 0.258 e. The smallest absolute Gasteiger partial charge is 0.258 e. The summed E-state index contributed by atoms with van der Waals surface area (Å²) >= 11 is 0. The Morgan fingerprint density at radius 3 is 2.71 bits per heavy atom. The summed E-state index contributed by atoms with van der Waals surface area (Å²) in [5.74, 6) is 1.37. The molecule has 3 aromatic carbocycles. The highest BCUT2D eigenvalue weighted by molar-refractivity contribution is 6.02. The minimum Gasteiger partial charge on any atom is -0.489 e. The van der Waals surface area contributed by atoms with Gasteiger partial charge in [0.15, 0.2) is 0 Å². The third kappa shape index (κ3) is 3.44. The number of benzene rings is 3. The van der Waals surface area contributed by atoms with Gasteiger partial charge in [-0.1, -0.05) is 55.1 Å². The van der Waals surface area contributed by atoms with Crippen LogP contribution in [0.2, 0.25) is 0 Å². The molecule has 0 fully saturated rings. The highest BCUT2D eigenvalue weighted by Gasteiger charge is 2.35.